The van der Waals surface area contributed by atoms with Gasteiger partial charge in [-0.2, -0.15) is 0 Å². The van der Waals surface area contributed by atoms with Crippen molar-refractivity contribution in [1.29, 1.82) is 0 Å². The summed E-state index contributed by atoms with van der Waals surface area (Å²) in [5.41, 5.74) is 0.937. The van der Waals surface area contributed by atoms with Crippen LogP contribution in [-0.4, -0.2) is 13.9 Å². The second-order valence-corrected chi connectivity index (χ2v) is 3.27. The molecule has 0 aliphatic carbocycles. The summed E-state index contributed by atoms with van der Waals surface area (Å²) >= 11 is 3.29. The Morgan fingerprint density at radius 1 is 1.38 bits per heavy atom. The molecule has 0 fully saturated rings. The normalized spacial score (nSPS) is 13.8. The predicted molar refractivity (Wildman–Crippen MR) is 50.8 cm³/mol. The number of hydrogen-bond acceptors (Lipinski definition) is 3. The smallest absolute Gasteiger partial charge is 0.231 e. The van der Waals surface area contributed by atoms with E-state index in [0.29, 0.717) is 11.8 Å². The van der Waals surface area contributed by atoms with Crippen LogP contribution >= 0.6 is 15.9 Å². The highest BCUT2D eigenvalue weighted by atomic mass is 79.9. The van der Waals surface area contributed by atoms with Crippen molar-refractivity contribution in [3.63, 3.8) is 0 Å². The SMILES string of the molecule is CO[C](Br)c1ccc2c(c1)OCO2. The fraction of sp³-hybridized carbons (Fsp3) is 0.222. The van der Waals surface area contributed by atoms with Gasteiger partial charge in [0.2, 0.25) is 6.79 Å². The monoisotopic (exact) mass is 243 g/mol. The Morgan fingerprint density at radius 2 is 2.15 bits per heavy atom. The van der Waals surface area contributed by atoms with Crippen LogP contribution in [0.3, 0.4) is 0 Å². The lowest BCUT2D eigenvalue weighted by Crippen LogP contribution is -1.93. The van der Waals surface area contributed by atoms with Crippen LogP contribution in [-0.2, 0) is 4.74 Å². The zero-order valence-corrected chi connectivity index (χ0v) is 8.63. The third-order valence-corrected chi connectivity index (χ3v) is 2.56. The van der Waals surface area contributed by atoms with Crippen molar-refractivity contribution in [2.75, 3.05) is 13.9 Å². The highest BCUT2D eigenvalue weighted by molar-refractivity contribution is 9.11. The van der Waals surface area contributed by atoms with Crippen LogP contribution in [0.15, 0.2) is 18.2 Å². The third kappa shape index (κ3) is 1.64. The molecule has 1 aliphatic rings. The first kappa shape index (κ1) is 8.84. The summed E-state index contributed by atoms with van der Waals surface area (Å²) in [6.45, 7) is 0.295. The van der Waals surface area contributed by atoms with Gasteiger partial charge in [0, 0.05) is 12.7 Å². The highest BCUT2D eigenvalue weighted by Crippen LogP contribution is 2.35. The Morgan fingerprint density at radius 3 is 2.92 bits per heavy atom. The van der Waals surface area contributed by atoms with E-state index in [1.165, 1.54) is 0 Å². The lowest BCUT2D eigenvalue weighted by molar-refractivity contribution is 0.174. The summed E-state index contributed by atoms with van der Waals surface area (Å²) in [5, 5.41) is 0.686. The van der Waals surface area contributed by atoms with Gasteiger partial charge in [-0.25, -0.2) is 0 Å². The topological polar surface area (TPSA) is 27.7 Å². The van der Waals surface area contributed by atoms with E-state index in [2.05, 4.69) is 15.9 Å². The molecule has 1 aliphatic heterocycles. The first-order valence-corrected chi connectivity index (χ1v) is 4.57. The van der Waals surface area contributed by atoms with Crippen molar-refractivity contribution in [3.8, 4) is 11.5 Å². The first-order chi connectivity index (χ1) is 6.31. The molecule has 69 valence electrons. The average molecular weight is 244 g/mol. The molecule has 0 spiro atoms. The quantitative estimate of drug-likeness (QED) is 0.798. The number of methoxy groups -OCH3 is 1. The van der Waals surface area contributed by atoms with E-state index in [1.807, 2.05) is 18.2 Å². The summed E-state index contributed by atoms with van der Waals surface area (Å²) in [6, 6.07) is 5.63. The minimum atomic E-state index is 0.295. The van der Waals surface area contributed by atoms with Gasteiger partial charge >= 0.3 is 0 Å². The van der Waals surface area contributed by atoms with Gasteiger partial charge in [0.05, 0.1) is 0 Å². The van der Waals surface area contributed by atoms with E-state index in [1.54, 1.807) is 7.11 Å². The van der Waals surface area contributed by atoms with E-state index >= 15 is 0 Å². The van der Waals surface area contributed by atoms with Gasteiger partial charge in [-0.15, -0.1) is 0 Å². The largest absolute Gasteiger partial charge is 0.454 e. The number of fused-ring (bicyclic) bond motifs is 1. The van der Waals surface area contributed by atoms with Gasteiger partial charge in [0.1, 0.15) is 0 Å². The molecule has 4 heteroatoms. The van der Waals surface area contributed by atoms with Crippen LogP contribution in [0.2, 0.25) is 0 Å². The maximum absolute atomic E-state index is 5.22. The fourth-order valence-electron chi connectivity index (χ4n) is 1.14. The first-order valence-electron chi connectivity index (χ1n) is 3.77. The molecule has 0 saturated heterocycles. The number of halogens is 1. The summed E-state index contributed by atoms with van der Waals surface area (Å²) < 4.78 is 15.4. The standard InChI is InChI=1S/C9H8BrO3/c1-11-9(10)6-2-3-7-8(4-6)13-5-12-7/h2-4H,5H2,1H3. The maximum atomic E-state index is 5.22. The van der Waals surface area contributed by atoms with Gasteiger partial charge < -0.3 is 14.2 Å². The molecular weight excluding hydrogens is 236 g/mol. The Labute approximate surface area is 84.7 Å². The maximum Gasteiger partial charge on any atom is 0.231 e. The van der Waals surface area contributed by atoms with Crippen molar-refractivity contribution >= 4 is 15.9 Å². The molecule has 2 rings (SSSR count). The molecule has 13 heavy (non-hydrogen) atoms. The van der Waals surface area contributed by atoms with Gasteiger partial charge in [-0.3, -0.25) is 0 Å². The molecule has 3 nitrogen and oxygen atoms in total. The second kappa shape index (κ2) is 3.55. The van der Waals surface area contributed by atoms with Crippen LogP contribution in [0.25, 0.3) is 0 Å². The van der Waals surface area contributed by atoms with Gasteiger partial charge in [-0.1, -0.05) is 6.07 Å². The molecule has 0 amide bonds. The molecule has 0 saturated carbocycles. The van der Waals surface area contributed by atoms with Crippen LogP contribution in [0, 0.1) is 5.01 Å². The molecular formula is C9H8BrO3. The lowest BCUT2D eigenvalue weighted by Gasteiger charge is -2.06. The molecule has 1 radical (unpaired) electrons. The van der Waals surface area contributed by atoms with E-state index in [9.17, 15) is 0 Å². The van der Waals surface area contributed by atoms with Gasteiger partial charge in [-0.05, 0) is 28.1 Å². The highest BCUT2D eigenvalue weighted by Gasteiger charge is 2.16. The minimum absolute atomic E-state index is 0.295. The Bertz CT molecular complexity index is 314. The molecule has 0 aromatic heterocycles. The molecule has 0 unspecified atom stereocenters. The Kier molecular flexibility index (Phi) is 2.42. The summed E-state index contributed by atoms with van der Waals surface area (Å²) in [5.74, 6) is 1.53. The van der Waals surface area contributed by atoms with Crippen molar-refractivity contribution in [2.24, 2.45) is 0 Å². The molecule has 1 heterocycles. The molecule has 1 aromatic rings. The van der Waals surface area contributed by atoms with E-state index < -0.39 is 0 Å². The van der Waals surface area contributed by atoms with E-state index in [0.717, 1.165) is 17.1 Å². The van der Waals surface area contributed by atoms with Crippen LogP contribution in [0.4, 0.5) is 0 Å². The number of rotatable bonds is 2. The molecule has 1 aromatic carbocycles. The van der Waals surface area contributed by atoms with E-state index in [-0.39, 0.29) is 0 Å². The van der Waals surface area contributed by atoms with Gasteiger partial charge in [0.25, 0.3) is 0 Å². The van der Waals surface area contributed by atoms with Crippen molar-refractivity contribution in [3.05, 3.63) is 28.8 Å². The van der Waals surface area contributed by atoms with Crippen LogP contribution in [0.5, 0.6) is 11.5 Å². The van der Waals surface area contributed by atoms with Crippen molar-refractivity contribution in [1.82, 2.24) is 0 Å². The zero-order chi connectivity index (χ0) is 9.26. The number of benzene rings is 1. The average Bonchev–Trinajstić information content (AvgIpc) is 2.63. The van der Waals surface area contributed by atoms with Crippen molar-refractivity contribution < 1.29 is 14.2 Å². The molecule has 0 atom stereocenters. The van der Waals surface area contributed by atoms with Crippen LogP contribution in [0.1, 0.15) is 5.56 Å². The van der Waals surface area contributed by atoms with Crippen molar-refractivity contribution in [2.45, 2.75) is 0 Å². The Balaban J connectivity index is 2.30. The molecule has 0 N–H and O–H groups in total. The minimum Gasteiger partial charge on any atom is -0.454 e. The fourth-order valence-corrected chi connectivity index (χ4v) is 1.38. The third-order valence-electron chi connectivity index (χ3n) is 1.78. The summed E-state index contributed by atoms with van der Waals surface area (Å²) in [7, 11) is 1.61. The number of hydrogen-bond donors (Lipinski definition) is 0. The lowest BCUT2D eigenvalue weighted by atomic mass is 10.2. The Hall–Kier alpha value is -0.740. The molecule has 0 bridgehead atoms. The predicted octanol–water partition coefficient (Wildman–Crippen LogP) is 2.29. The van der Waals surface area contributed by atoms with Gasteiger partial charge in [0.15, 0.2) is 16.5 Å². The zero-order valence-electron chi connectivity index (χ0n) is 7.04. The summed E-state index contributed by atoms with van der Waals surface area (Å²) in [6.07, 6.45) is 0. The number of ether oxygens (including phenoxy) is 3. The van der Waals surface area contributed by atoms with Crippen LogP contribution < -0.4 is 9.47 Å². The van der Waals surface area contributed by atoms with E-state index in [4.69, 9.17) is 14.2 Å². The summed E-state index contributed by atoms with van der Waals surface area (Å²) in [4.78, 5) is 0. The second-order valence-electron chi connectivity index (χ2n) is 2.55.